The molecule has 0 aromatic heterocycles. The third-order valence-corrected chi connectivity index (χ3v) is 4.65. The Labute approximate surface area is 100 Å². The summed E-state index contributed by atoms with van der Waals surface area (Å²) in [5, 5.41) is 0. The van der Waals surface area contributed by atoms with Crippen LogP contribution in [0.3, 0.4) is 0 Å². The van der Waals surface area contributed by atoms with Crippen LogP contribution in [-0.4, -0.2) is 48.4 Å². The van der Waals surface area contributed by atoms with E-state index in [1.165, 1.54) is 0 Å². The van der Waals surface area contributed by atoms with Crippen LogP contribution in [0.15, 0.2) is 0 Å². The number of hydrogen-bond acceptors (Lipinski definition) is 4. The molecule has 4 nitrogen and oxygen atoms in total. The van der Waals surface area contributed by atoms with Gasteiger partial charge < -0.3 is 18.3 Å². The summed E-state index contributed by atoms with van der Waals surface area (Å²) in [5.74, 6) is 0. The van der Waals surface area contributed by atoms with E-state index in [1.807, 2.05) is 0 Å². The highest BCUT2D eigenvalue weighted by Crippen LogP contribution is 2.19. The second kappa shape index (κ2) is 7.40. The van der Waals surface area contributed by atoms with Crippen molar-refractivity contribution in [2.75, 3.05) is 20.8 Å². The Hall–Kier alpha value is 0.0569. The highest BCUT2D eigenvalue weighted by Gasteiger charge is 2.26. The number of epoxide rings is 1. The molecule has 16 heavy (non-hydrogen) atoms. The first-order valence-corrected chi connectivity index (χ1v) is 7.74. The molecule has 0 aromatic rings. The van der Waals surface area contributed by atoms with Crippen LogP contribution in [0.1, 0.15) is 26.7 Å². The van der Waals surface area contributed by atoms with E-state index in [1.54, 1.807) is 14.2 Å². The van der Waals surface area contributed by atoms with Gasteiger partial charge in [-0.1, -0.05) is 0 Å². The molecule has 0 aromatic carbocycles. The van der Waals surface area contributed by atoms with E-state index < -0.39 is 9.28 Å². The highest BCUT2D eigenvalue weighted by molar-refractivity contribution is 6.44. The van der Waals surface area contributed by atoms with Crippen molar-refractivity contribution in [3.63, 3.8) is 0 Å². The fraction of sp³-hybridized carbons (Fsp3) is 1.00. The molecule has 1 aliphatic heterocycles. The van der Waals surface area contributed by atoms with E-state index in [-0.39, 0.29) is 12.2 Å². The predicted molar refractivity (Wildman–Crippen MR) is 65.0 cm³/mol. The highest BCUT2D eigenvalue weighted by atomic mass is 28.3. The third kappa shape index (κ3) is 5.96. The molecule has 1 saturated heterocycles. The maximum absolute atomic E-state index is 5.87. The first kappa shape index (κ1) is 14.1. The maximum Gasteiger partial charge on any atom is 0.320 e. The van der Waals surface area contributed by atoms with Crippen LogP contribution >= 0.6 is 0 Å². The smallest absolute Gasteiger partial charge is 0.320 e. The molecule has 96 valence electrons. The van der Waals surface area contributed by atoms with E-state index in [4.69, 9.17) is 18.3 Å². The Bertz CT molecular complexity index is 183. The summed E-state index contributed by atoms with van der Waals surface area (Å²) in [6, 6.07) is 1.00. The largest absolute Gasteiger partial charge is 0.400 e. The van der Waals surface area contributed by atoms with Gasteiger partial charge in [0, 0.05) is 20.6 Å². The average molecular weight is 248 g/mol. The minimum atomic E-state index is -1.41. The van der Waals surface area contributed by atoms with Crippen molar-refractivity contribution < 1.29 is 18.3 Å². The number of hydrogen-bond donors (Lipinski definition) is 0. The van der Waals surface area contributed by atoms with Crippen molar-refractivity contribution in [2.24, 2.45) is 0 Å². The zero-order chi connectivity index (χ0) is 12.0. The van der Waals surface area contributed by atoms with E-state index >= 15 is 0 Å². The van der Waals surface area contributed by atoms with Gasteiger partial charge in [0.25, 0.3) is 0 Å². The van der Waals surface area contributed by atoms with Gasteiger partial charge >= 0.3 is 9.28 Å². The van der Waals surface area contributed by atoms with Gasteiger partial charge in [-0.25, -0.2) is 0 Å². The molecule has 5 heteroatoms. The van der Waals surface area contributed by atoms with E-state index in [0.29, 0.717) is 6.10 Å². The van der Waals surface area contributed by atoms with Gasteiger partial charge in [-0.3, -0.25) is 0 Å². The van der Waals surface area contributed by atoms with Gasteiger partial charge in [0.1, 0.15) is 0 Å². The lowest BCUT2D eigenvalue weighted by Gasteiger charge is -2.19. The molecule has 0 N–H and O–H groups in total. The van der Waals surface area contributed by atoms with Crippen LogP contribution < -0.4 is 0 Å². The van der Waals surface area contributed by atoms with Gasteiger partial charge in [-0.15, -0.1) is 0 Å². The monoisotopic (exact) mass is 248 g/mol. The topological polar surface area (TPSA) is 40.2 Å². The van der Waals surface area contributed by atoms with Gasteiger partial charge in [-0.05, 0) is 26.3 Å². The molecule has 3 atom stereocenters. The first-order valence-electron chi connectivity index (χ1n) is 5.98. The van der Waals surface area contributed by atoms with Gasteiger partial charge in [0.15, 0.2) is 0 Å². The van der Waals surface area contributed by atoms with Crippen LogP contribution in [0.25, 0.3) is 0 Å². The lowest BCUT2D eigenvalue weighted by atomic mass is 10.2. The third-order valence-electron chi connectivity index (χ3n) is 2.80. The lowest BCUT2D eigenvalue weighted by molar-refractivity contribution is -0.00170. The molecular formula is C11H24O4Si. The Morgan fingerprint density at radius 2 is 1.88 bits per heavy atom. The van der Waals surface area contributed by atoms with Gasteiger partial charge in [0.2, 0.25) is 0 Å². The summed E-state index contributed by atoms with van der Waals surface area (Å²) in [7, 11) is 2.03. The summed E-state index contributed by atoms with van der Waals surface area (Å²) in [4.78, 5) is 0. The molecule has 0 spiro atoms. The van der Waals surface area contributed by atoms with E-state index in [9.17, 15) is 0 Å². The Kier molecular flexibility index (Phi) is 6.53. The summed E-state index contributed by atoms with van der Waals surface area (Å²) in [6.45, 7) is 5.13. The minimum Gasteiger partial charge on any atom is -0.400 e. The van der Waals surface area contributed by atoms with Crippen molar-refractivity contribution in [1.82, 2.24) is 0 Å². The molecule has 1 aliphatic rings. The zero-order valence-electron chi connectivity index (χ0n) is 10.8. The normalized spacial score (nSPS) is 23.4. The molecule has 0 amide bonds. The number of rotatable bonds is 9. The van der Waals surface area contributed by atoms with Crippen molar-refractivity contribution in [3.05, 3.63) is 0 Å². The van der Waals surface area contributed by atoms with E-state index in [0.717, 1.165) is 25.5 Å². The molecule has 1 rings (SSSR count). The van der Waals surface area contributed by atoms with Crippen molar-refractivity contribution in [3.8, 4) is 0 Å². The van der Waals surface area contributed by atoms with Crippen LogP contribution in [0.5, 0.6) is 0 Å². The Morgan fingerprint density at radius 3 is 2.38 bits per heavy atom. The van der Waals surface area contributed by atoms with Crippen LogP contribution in [-0.2, 0) is 18.3 Å². The molecule has 0 radical (unpaired) electrons. The molecule has 1 fully saturated rings. The summed E-state index contributed by atoms with van der Waals surface area (Å²) < 4.78 is 21.6. The first-order chi connectivity index (χ1) is 7.65. The van der Waals surface area contributed by atoms with Crippen molar-refractivity contribution in [2.45, 2.75) is 51.0 Å². The fourth-order valence-corrected chi connectivity index (χ4v) is 3.20. The van der Waals surface area contributed by atoms with Crippen molar-refractivity contribution >= 4 is 9.28 Å². The molecule has 1 heterocycles. The quantitative estimate of drug-likeness (QED) is 0.458. The van der Waals surface area contributed by atoms with E-state index in [2.05, 4.69) is 13.8 Å². The lowest BCUT2D eigenvalue weighted by Crippen LogP contribution is -2.23. The minimum absolute atomic E-state index is 0.272. The maximum atomic E-state index is 5.87. The van der Waals surface area contributed by atoms with Crippen LogP contribution in [0, 0.1) is 0 Å². The second-order valence-corrected chi connectivity index (χ2v) is 6.81. The molecule has 0 saturated carbocycles. The SMILES string of the molecule is CO[SiH](CCC(C)OC(C)CC1CO1)OC. The predicted octanol–water partition coefficient (Wildman–Crippen LogP) is 1.47. The molecular weight excluding hydrogens is 224 g/mol. The second-order valence-electron chi connectivity index (χ2n) is 4.43. The fourth-order valence-electron chi connectivity index (χ4n) is 1.80. The van der Waals surface area contributed by atoms with Gasteiger partial charge in [0.05, 0.1) is 24.9 Å². The summed E-state index contributed by atoms with van der Waals surface area (Å²) >= 11 is 0. The standard InChI is InChI=1S/C11H24O4Si/c1-9(5-6-16(12-3)13-4)15-10(2)7-11-8-14-11/h9-11,16H,5-8H2,1-4H3. The average Bonchev–Trinajstić information content (AvgIpc) is 3.03. The summed E-state index contributed by atoms with van der Waals surface area (Å²) in [6.07, 6.45) is 3.03. The van der Waals surface area contributed by atoms with Gasteiger partial charge in [-0.2, -0.15) is 0 Å². The molecule has 3 unspecified atom stereocenters. The zero-order valence-corrected chi connectivity index (χ0v) is 11.9. The van der Waals surface area contributed by atoms with Crippen LogP contribution in [0.4, 0.5) is 0 Å². The Morgan fingerprint density at radius 1 is 1.25 bits per heavy atom. The Balaban J connectivity index is 2.06. The van der Waals surface area contributed by atoms with Crippen molar-refractivity contribution in [1.29, 1.82) is 0 Å². The summed E-state index contributed by atoms with van der Waals surface area (Å²) in [5.41, 5.74) is 0. The van der Waals surface area contributed by atoms with Crippen LogP contribution in [0.2, 0.25) is 6.04 Å². The molecule has 0 aliphatic carbocycles. The molecule has 0 bridgehead atoms. The number of ether oxygens (including phenoxy) is 2.